The molecule has 0 saturated heterocycles. The van der Waals surface area contributed by atoms with Crippen LogP contribution in [0.1, 0.15) is 24.9 Å². The molecule has 1 saturated carbocycles. The lowest BCUT2D eigenvalue weighted by atomic mass is 10.1. The summed E-state index contributed by atoms with van der Waals surface area (Å²) in [6.45, 7) is 4.05. The molecule has 1 aliphatic carbocycles. The van der Waals surface area contributed by atoms with Crippen molar-refractivity contribution in [2.24, 2.45) is 17.6 Å². The van der Waals surface area contributed by atoms with Gasteiger partial charge in [0.2, 0.25) is 0 Å². The van der Waals surface area contributed by atoms with Gasteiger partial charge in [-0.15, -0.1) is 0 Å². The Labute approximate surface area is 106 Å². The molecule has 3 heteroatoms. The van der Waals surface area contributed by atoms with E-state index in [2.05, 4.69) is 46.4 Å². The zero-order chi connectivity index (χ0) is 11.5. The van der Waals surface area contributed by atoms with E-state index in [1.165, 1.54) is 12.0 Å². The molecular weight excluding hydrogens is 264 g/mol. The minimum atomic E-state index is 0.283. The van der Waals surface area contributed by atoms with Gasteiger partial charge in [-0.1, -0.05) is 35.0 Å². The highest BCUT2D eigenvalue weighted by Gasteiger charge is 2.32. The lowest BCUT2D eigenvalue weighted by molar-refractivity contribution is 0.511. The number of hydrogen-bond donors (Lipinski definition) is 2. The molecule has 3 unspecified atom stereocenters. The molecule has 88 valence electrons. The van der Waals surface area contributed by atoms with Crippen LogP contribution >= 0.6 is 15.9 Å². The Morgan fingerprint density at radius 2 is 2.31 bits per heavy atom. The summed E-state index contributed by atoms with van der Waals surface area (Å²) in [5.74, 6) is 1.76. The van der Waals surface area contributed by atoms with Crippen molar-refractivity contribution in [1.82, 2.24) is 5.32 Å². The van der Waals surface area contributed by atoms with E-state index in [4.69, 9.17) is 5.73 Å². The third-order valence-electron chi connectivity index (χ3n) is 3.39. The fourth-order valence-corrected chi connectivity index (χ4v) is 2.45. The van der Waals surface area contributed by atoms with E-state index in [-0.39, 0.29) is 6.04 Å². The number of rotatable bonds is 5. The van der Waals surface area contributed by atoms with Crippen LogP contribution in [0.25, 0.3) is 0 Å². The molecule has 0 bridgehead atoms. The van der Waals surface area contributed by atoms with E-state index in [0.29, 0.717) is 6.54 Å². The standard InChI is InChI=1S/C13H19BrN2/c1-9-5-11(9)8-16-13(7-15)10-3-2-4-12(14)6-10/h2-4,6,9,11,13,16H,5,7-8,15H2,1H3. The molecule has 0 aliphatic heterocycles. The SMILES string of the molecule is CC1CC1CNC(CN)c1cccc(Br)c1. The second-order valence-corrected chi connectivity index (χ2v) is 5.64. The van der Waals surface area contributed by atoms with Gasteiger partial charge in [-0.05, 0) is 42.5 Å². The Bertz CT molecular complexity index is 354. The first kappa shape index (κ1) is 12.1. The second kappa shape index (κ2) is 5.30. The topological polar surface area (TPSA) is 38.0 Å². The van der Waals surface area contributed by atoms with E-state index < -0.39 is 0 Å². The normalized spacial score (nSPS) is 25.4. The van der Waals surface area contributed by atoms with E-state index >= 15 is 0 Å². The van der Waals surface area contributed by atoms with Gasteiger partial charge in [-0.2, -0.15) is 0 Å². The summed E-state index contributed by atoms with van der Waals surface area (Å²) in [7, 11) is 0. The molecule has 1 aromatic carbocycles. The summed E-state index contributed by atoms with van der Waals surface area (Å²) in [5, 5.41) is 3.56. The first-order valence-corrected chi connectivity index (χ1v) is 6.69. The summed E-state index contributed by atoms with van der Waals surface area (Å²) in [5.41, 5.74) is 7.09. The maximum absolute atomic E-state index is 5.82. The quantitative estimate of drug-likeness (QED) is 0.872. The molecule has 1 aliphatic rings. The Balaban J connectivity index is 1.93. The van der Waals surface area contributed by atoms with Crippen molar-refractivity contribution in [3.8, 4) is 0 Å². The Kier molecular flexibility index (Phi) is 4.00. The highest BCUT2D eigenvalue weighted by atomic mass is 79.9. The number of hydrogen-bond acceptors (Lipinski definition) is 2. The number of nitrogens with one attached hydrogen (secondary N) is 1. The van der Waals surface area contributed by atoms with Crippen LogP contribution in [0.5, 0.6) is 0 Å². The van der Waals surface area contributed by atoms with Gasteiger partial charge in [-0.25, -0.2) is 0 Å². The van der Waals surface area contributed by atoms with Gasteiger partial charge >= 0.3 is 0 Å². The fraction of sp³-hybridized carbons (Fsp3) is 0.538. The van der Waals surface area contributed by atoms with E-state index in [1.54, 1.807) is 0 Å². The minimum Gasteiger partial charge on any atom is -0.329 e. The average molecular weight is 283 g/mol. The molecular formula is C13H19BrN2. The Hall–Kier alpha value is -0.380. The first-order chi connectivity index (χ1) is 7.70. The number of benzene rings is 1. The minimum absolute atomic E-state index is 0.283. The van der Waals surface area contributed by atoms with Crippen molar-refractivity contribution in [3.63, 3.8) is 0 Å². The van der Waals surface area contributed by atoms with Gasteiger partial charge in [0.25, 0.3) is 0 Å². The van der Waals surface area contributed by atoms with Crippen molar-refractivity contribution in [2.45, 2.75) is 19.4 Å². The van der Waals surface area contributed by atoms with Gasteiger partial charge in [0.1, 0.15) is 0 Å². The van der Waals surface area contributed by atoms with Crippen LogP contribution < -0.4 is 11.1 Å². The van der Waals surface area contributed by atoms with Crippen LogP contribution in [0.3, 0.4) is 0 Å². The van der Waals surface area contributed by atoms with Gasteiger partial charge in [0.05, 0.1) is 0 Å². The molecule has 1 aromatic rings. The van der Waals surface area contributed by atoms with Crippen molar-refractivity contribution in [2.75, 3.05) is 13.1 Å². The summed E-state index contributed by atoms with van der Waals surface area (Å²) >= 11 is 3.49. The van der Waals surface area contributed by atoms with Crippen LogP contribution in [0.2, 0.25) is 0 Å². The molecule has 3 atom stereocenters. The molecule has 0 spiro atoms. The third-order valence-corrected chi connectivity index (χ3v) is 3.88. The molecule has 0 radical (unpaired) electrons. The van der Waals surface area contributed by atoms with Crippen molar-refractivity contribution in [1.29, 1.82) is 0 Å². The van der Waals surface area contributed by atoms with Gasteiger partial charge in [-0.3, -0.25) is 0 Å². The number of nitrogens with two attached hydrogens (primary N) is 1. The van der Waals surface area contributed by atoms with Crippen LogP contribution in [-0.2, 0) is 0 Å². The van der Waals surface area contributed by atoms with Crippen molar-refractivity contribution >= 4 is 15.9 Å². The van der Waals surface area contributed by atoms with Gasteiger partial charge < -0.3 is 11.1 Å². The fourth-order valence-electron chi connectivity index (χ4n) is 2.04. The Morgan fingerprint density at radius 3 is 2.88 bits per heavy atom. The molecule has 2 rings (SSSR count). The lowest BCUT2D eigenvalue weighted by Gasteiger charge is -2.17. The van der Waals surface area contributed by atoms with Crippen molar-refractivity contribution in [3.05, 3.63) is 34.3 Å². The monoisotopic (exact) mass is 282 g/mol. The lowest BCUT2D eigenvalue weighted by Crippen LogP contribution is -2.30. The van der Waals surface area contributed by atoms with Gasteiger partial charge in [0, 0.05) is 17.1 Å². The molecule has 1 fully saturated rings. The molecule has 3 N–H and O–H groups in total. The van der Waals surface area contributed by atoms with Crippen molar-refractivity contribution < 1.29 is 0 Å². The second-order valence-electron chi connectivity index (χ2n) is 4.72. The predicted octanol–water partition coefficient (Wildman–Crippen LogP) is 2.69. The van der Waals surface area contributed by atoms with E-state index in [0.717, 1.165) is 22.9 Å². The smallest absolute Gasteiger partial charge is 0.0445 e. The summed E-state index contributed by atoms with van der Waals surface area (Å²) in [6, 6.07) is 8.65. The summed E-state index contributed by atoms with van der Waals surface area (Å²) in [6.07, 6.45) is 1.36. The summed E-state index contributed by atoms with van der Waals surface area (Å²) in [4.78, 5) is 0. The molecule has 2 nitrogen and oxygen atoms in total. The van der Waals surface area contributed by atoms with Crippen LogP contribution in [-0.4, -0.2) is 13.1 Å². The molecule has 0 aromatic heterocycles. The zero-order valence-corrected chi connectivity index (χ0v) is 11.2. The zero-order valence-electron chi connectivity index (χ0n) is 9.62. The average Bonchev–Trinajstić information content (AvgIpc) is 2.96. The van der Waals surface area contributed by atoms with Crippen LogP contribution in [0.15, 0.2) is 28.7 Å². The van der Waals surface area contributed by atoms with Gasteiger partial charge in [0.15, 0.2) is 0 Å². The molecule has 16 heavy (non-hydrogen) atoms. The highest BCUT2D eigenvalue weighted by molar-refractivity contribution is 9.10. The highest BCUT2D eigenvalue weighted by Crippen LogP contribution is 2.37. The van der Waals surface area contributed by atoms with E-state index in [1.807, 2.05) is 6.07 Å². The van der Waals surface area contributed by atoms with Crippen LogP contribution in [0.4, 0.5) is 0 Å². The number of halogens is 1. The molecule has 0 heterocycles. The largest absolute Gasteiger partial charge is 0.329 e. The maximum atomic E-state index is 5.82. The Morgan fingerprint density at radius 1 is 1.56 bits per heavy atom. The van der Waals surface area contributed by atoms with E-state index in [9.17, 15) is 0 Å². The first-order valence-electron chi connectivity index (χ1n) is 5.89. The molecule has 0 amide bonds. The summed E-state index contributed by atoms with van der Waals surface area (Å²) < 4.78 is 1.12. The predicted molar refractivity (Wildman–Crippen MR) is 71.2 cm³/mol. The third kappa shape index (κ3) is 3.06. The maximum Gasteiger partial charge on any atom is 0.0445 e. The van der Waals surface area contributed by atoms with Crippen LogP contribution in [0, 0.1) is 11.8 Å².